The maximum atomic E-state index is 13.4. The second kappa shape index (κ2) is 9.16. The first kappa shape index (κ1) is 20.8. The molecule has 0 spiro atoms. The Morgan fingerprint density at radius 1 is 1.06 bits per heavy atom. The minimum Gasteiger partial charge on any atom is -0.459 e. The SMILES string of the molecule is Cc1ccn(C(=O)c2ccc(C)c(NC(=O)c3ccco3)c2)c(=NC2CCCCC2)c1. The Hall–Kier alpha value is -3.41. The first-order valence-electron chi connectivity index (χ1n) is 10.7. The van der Waals surface area contributed by atoms with Gasteiger partial charge in [-0.05, 0) is 74.2 Å². The standard InChI is InChI=1S/C25H27N3O3/c1-17-12-13-28(23(15-17)26-20-7-4-3-5-8-20)25(30)19-11-10-18(2)21(16-19)27-24(29)22-9-6-14-31-22/h6,9-16,20H,3-5,7-8H2,1-2H3,(H,27,29). The van der Waals surface area contributed by atoms with Crippen LogP contribution >= 0.6 is 0 Å². The smallest absolute Gasteiger partial charge is 0.291 e. The van der Waals surface area contributed by atoms with Crippen LogP contribution in [0.4, 0.5) is 5.69 Å². The van der Waals surface area contributed by atoms with Gasteiger partial charge < -0.3 is 9.73 Å². The summed E-state index contributed by atoms with van der Waals surface area (Å²) in [6, 6.07) is 12.7. The van der Waals surface area contributed by atoms with E-state index >= 15 is 0 Å². The molecule has 2 heterocycles. The van der Waals surface area contributed by atoms with Crippen LogP contribution in [0.3, 0.4) is 0 Å². The van der Waals surface area contributed by atoms with Crippen LogP contribution in [-0.4, -0.2) is 22.4 Å². The molecule has 1 saturated carbocycles. The Morgan fingerprint density at radius 3 is 2.61 bits per heavy atom. The van der Waals surface area contributed by atoms with Gasteiger partial charge in [0.15, 0.2) is 5.76 Å². The molecular formula is C25H27N3O3. The Labute approximate surface area is 181 Å². The van der Waals surface area contributed by atoms with E-state index in [0.717, 1.165) is 24.0 Å². The highest BCUT2D eigenvalue weighted by atomic mass is 16.3. The number of aryl methyl sites for hydroxylation is 2. The lowest BCUT2D eigenvalue weighted by Gasteiger charge is -2.18. The van der Waals surface area contributed by atoms with Gasteiger partial charge in [-0.3, -0.25) is 19.1 Å². The van der Waals surface area contributed by atoms with E-state index < -0.39 is 0 Å². The normalized spacial score (nSPS) is 15.1. The Balaban J connectivity index is 1.65. The third-order valence-electron chi connectivity index (χ3n) is 5.68. The van der Waals surface area contributed by atoms with Crippen molar-refractivity contribution < 1.29 is 14.0 Å². The summed E-state index contributed by atoms with van der Waals surface area (Å²) in [4.78, 5) is 30.7. The quantitative estimate of drug-likeness (QED) is 0.658. The predicted molar refractivity (Wildman–Crippen MR) is 119 cm³/mol. The lowest BCUT2D eigenvalue weighted by Crippen LogP contribution is -2.30. The fourth-order valence-corrected chi connectivity index (χ4v) is 3.88. The number of rotatable bonds is 4. The molecule has 6 heteroatoms. The number of pyridine rings is 1. The van der Waals surface area contributed by atoms with Crippen LogP contribution in [0.25, 0.3) is 0 Å². The summed E-state index contributed by atoms with van der Waals surface area (Å²) in [6.45, 7) is 3.89. The fourth-order valence-electron chi connectivity index (χ4n) is 3.88. The molecule has 1 N–H and O–H groups in total. The number of hydrogen-bond acceptors (Lipinski definition) is 4. The zero-order chi connectivity index (χ0) is 21.8. The highest BCUT2D eigenvalue weighted by Gasteiger charge is 2.16. The average molecular weight is 418 g/mol. The number of furan rings is 1. The molecule has 0 bridgehead atoms. The van der Waals surface area contributed by atoms with Crippen LogP contribution in [-0.2, 0) is 0 Å². The van der Waals surface area contributed by atoms with Gasteiger partial charge in [0.2, 0.25) is 0 Å². The number of nitrogens with zero attached hydrogens (tertiary/aromatic N) is 2. The third kappa shape index (κ3) is 4.85. The van der Waals surface area contributed by atoms with Crippen LogP contribution in [0.1, 0.15) is 64.1 Å². The highest BCUT2D eigenvalue weighted by Crippen LogP contribution is 2.21. The molecule has 2 aromatic heterocycles. The van der Waals surface area contributed by atoms with Crippen LogP contribution in [0.15, 0.2) is 64.3 Å². The molecule has 0 aliphatic heterocycles. The van der Waals surface area contributed by atoms with Crippen LogP contribution in [0.5, 0.6) is 0 Å². The molecule has 0 atom stereocenters. The van der Waals surface area contributed by atoms with Crippen molar-refractivity contribution in [3.8, 4) is 0 Å². The number of benzene rings is 1. The number of carbonyl (C=O) groups is 2. The summed E-state index contributed by atoms with van der Waals surface area (Å²) in [5, 5.41) is 2.83. The first-order chi connectivity index (χ1) is 15.0. The third-order valence-corrected chi connectivity index (χ3v) is 5.68. The maximum absolute atomic E-state index is 13.4. The minimum atomic E-state index is -0.353. The zero-order valence-corrected chi connectivity index (χ0v) is 17.9. The highest BCUT2D eigenvalue weighted by molar-refractivity contribution is 6.04. The van der Waals surface area contributed by atoms with E-state index in [1.807, 2.05) is 32.0 Å². The molecule has 1 amide bonds. The van der Waals surface area contributed by atoms with E-state index in [0.29, 0.717) is 16.7 Å². The van der Waals surface area contributed by atoms with Crippen molar-refractivity contribution in [1.29, 1.82) is 0 Å². The van der Waals surface area contributed by atoms with Crippen molar-refractivity contribution >= 4 is 17.5 Å². The zero-order valence-electron chi connectivity index (χ0n) is 17.9. The monoisotopic (exact) mass is 417 g/mol. The lowest BCUT2D eigenvalue weighted by molar-refractivity contribution is 0.0952. The van der Waals surface area contributed by atoms with Crippen molar-refractivity contribution in [1.82, 2.24) is 4.57 Å². The molecule has 1 aliphatic rings. The lowest BCUT2D eigenvalue weighted by atomic mass is 9.96. The van der Waals surface area contributed by atoms with Gasteiger partial charge in [-0.15, -0.1) is 0 Å². The van der Waals surface area contributed by atoms with Crippen LogP contribution < -0.4 is 10.8 Å². The topological polar surface area (TPSA) is 76.6 Å². The number of nitrogens with one attached hydrogen (secondary N) is 1. The average Bonchev–Trinajstić information content (AvgIpc) is 3.31. The number of hydrogen-bond donors (Lipinski definition) is 1. The van der Waals surface area contributed by atoms with Gasteiger partial charge in [0.1, 0.15) is 5.49 Å². The number of amides is 1. The number of carbonyl (C=O) groups excluding carboxylic acids is 2. The summed E-state index contributed by atoms with van der Waals surface area (Å²) in [6.07, 6.45) is 8.99. The number of aromatic nitrogens is 1. The fraction of sp³-hybridized carbons (Fsp3) is 0.320. The van der Waals surface area contributed by atoms with Gasteiger partial charge in [-0.2, -0.15) is 0 Å². The molecule has 3 aromatic rings. The molecule has 0 saturated heterocycles. The second-order valence-corrected chi connectivity index (χ2v) is 8.12. The van der Waals surface area contributed by atoms with E-state index in [-0.39, 0.29) is 23.6 Å². The van der Waals surface area contributed by atoms with Gasteiger partial charge >= 0.3 is 0 Å². The molecule has 1 aromatic carbocycles. The Morgan fingerprint density at radius 2 is 1.87 bits per heavy atom. The van der Waals surface area contributed by atoms with Crippen LogP contribution in [0.2, 0.25) is 0 Å². The summed E-state index contributed by atoms with van der Waals surface area (Å²) >= 11 is 0. The summed E-state index contributed by atoms with van der Waals surface area (Å²) < 4.78 is 6.76. The van der Waals surface area contributed by atoms with E-state index in [9.17, 15) is 9.59 Å². The van der Waals surface area contributed by atoms with Gasteiger partial charge in [0.25, 0.3) is 11.8 Å². The maximum Gasteiger partial charge on any atom is 0.291 e. The van der Waals surface area contributed by atoms with Crippen molar-refractivity contribution in [2.75, 3.05) is 5.32 Å². The summed E-state index contributed by atoms with van der Waals surface area (Å²) in [5.74, 6) is -0.311. The molecule has 1 aliphatic carbocycles. The van der Waals surface area contributed by atoms with Gasteiger partial charge in [-0.1, -0.05) is 25.3 Å². The van der Waals surface area contributed by atoms with Crippen molar-refractivity contribution in [3.05, 3.63) is 82.9 Å². The molecule has 6 nitrogen and oxygen atoms in total. The van der Waals surface area contributed by atoms with Crippen molar-refractivity contribution in [2.45, 2.75) is 52.0 Å². The molecule has 0 unspecified atom stereocenters. The molecule has 4 rings (SSSR count). The first-order valence-corrected chi connectivity index (χ1v) is 10.7. The van der Waals surface area contributed by atoms with E-state index in [2.05, 4.69) is 5.32 Å². The molecule has 0 radical (unpaired) electrons. The summed E-state index contributed by atoms with van der Waals surface area (Å²) in [5.41, 5.74) is 3.66. The predicted octanol–water partition coefficient (Wildman–Crippen LogP) is 4.87. The van der Waals surface area contributed by atoms with E-state index in [1.54, 1.807) is 35.0 Å². The molecule has 31 heavy (non-hydrogen) atoms. The second-order valence-electron chi connectivity index (χ2n) is 8.12. The minimum absolute atomic E-state index is 0.178. The van der Waals surface area contributed by atoms with Crippen molar-refractivity contribution in [3.63, 3.8) is 0 Å². The van der Waals surface area contributed by atoms with E-state index in [4.69, 9.17) is 9.41 Å². The van der Waals surface area contributed by atoms with Gasteiger partial charge in [-0.25, -0.2) is 0 Å². The van der Waals surface area contributed by atoms with Gasteiger partial charge in [0, 0.05) is 17.4 Å². The largest absolute Gasteiger partial charge is 0.459 e. The Kier molecular flexibility index (Phi) is 6.16. The molecule has 160 valence electrons. The van der Waals surface area contributed by atoms with E-state index in [1.165, 1.54) is 25.5 Å². The van der Waals surface area contributed by atoms with Gasteiger partial charge in [0.05, 0.1) is 12.3 Å². The van der Waals surface area contributed by atoms with Crippen LogP contribution in [0, 0.1) is 13.8 Å². The Bertz CT molecular complexity index is 1150. The molecular weight excluding hydrogens is 390 g/mol. The summed E-state index contributed by atoms with van der Waals surface area (Å²) in [7, 11) is 0. The van der Waals surface area contributed by atoms with Crippen molar-refractivity contribution in [2.24, 2.45) is 4.99 Å². The number of anilines is 1. The molecule has 1 fully saturated rings.